The molecule has 126 valence electrons. The maximum absolute atomic E-state index is 13.0. The molecule has 2 aromatic heterocycles. The first-order chi connectivity index (χ1) is 11.9. The van der Waals surface area contributed by atoms with Crippen LogP contribution < -0.4 is 11.2 Å². The van der Waals surface area contributed by atoms with Crippen LogP contribution in [0.25, 0.3) is 21.9 Å². The standard InChI is InChI=1S/C15H10N4O5S/c20-14-9-2-1-3-12(13(9)18-15(21)19(14)22)25(23,24)8-4-5-10-11(6-8)17-7-16-10/h1-7,22H,(H,16,17)(H,18,21). The van der Waals surface area contributed by atoms with E-state index in [0.29, 0.717) is 11.0 Å². The van der Waals surface area contributed by atoms with Gasteiger partial charge in [-0.3, -0.25) is 4.79 Å². The lowest BCUT2D eigenvalue weighted by Crippen LogP contribution is -2.33. The van der Waals surface area contributed by atoms with E-state index in [1.165, 1.54) is 36.7 Å². The van der Waals surface area contributed by atoms with E-state index in [9.17, 15) is 23.2 Å². The molecule has 0 amide bonds. The molecule has 0 radical (unpaired) electrons. The van der Waals surface area contributed by atoms with Crippen molar-refractivity contribution in [3.63, 3.8) is 0 Å². The number of benzene rings is 2. The first kappa shape index (κ1) is 15.1. The van der Waals surface area contributed by atoms with E-state index in [1.54, 1.807) is 6.07 Å². The van der Waals surface area contributed by atoms with Crippen LogP contribution in [-0.4, -0.2) is 33.3 Å². The molecule has 0 aliphatic heterocycles. The number of nitrogens with zero attached hydrogens (tertiary/aromatic N) is 2. The van der Waals surface area contributed by atoms with Crippen LogP contribution in [-0.2, 0) is 9.84 Å². The lowest BCUT2D eigenvalue weighted by Gasteiger charge is -2.08. The van der Waals surface area contributed by atoms with Crippen LogP contribution in [0.5, 0.6) is 0 Å². The fraction of sp³-hybridized carbons (Fsp3) is 0. The summed E-state index contributed by atoms with van der Waals surface area (Å²) in [4.78, 5) is 32.5. The van der Waals surface area contributed by atoms with Gasteiger partial charge in [0.15, 0.2) is 0 Å². The van der Waals surface area contributed by atoms with Gasteiger partial charge in [-0.15, -0.1) is 0 Å². The number of sulfone groups is 1. The molecule has 4 aromatic rings. The number of hydrogen-bond acceptors (Lipinski definition) is 6. The van der Waals surface area contributed by atoms with Crippen molar-refractivity contribution in [2.24, 2.45) is 0 Å². The molecule has 9 nitrogen and oxygen atoms in total. The topological polar surface area (TPSA) is 138 Å². The quantitative estimate of drug-likeness (QED) is 0.450. The zero-order valence-corrected chi connectivity index (χ0v) is 13.2. The van der Waals surface area contributed by atoms with Crippen molar-refractivity contribution in [1.29, 1.82) is 0 Å². The molecule has 10 heteroatoms. The highest BCUT2D eigenvalue weighted by Gasteiger charge is 2.23. The predicted molar refractivity (Wildman–Crippen MR) is 87.6 cm³/mol. The van der Waals surface area contributed by atoms with Gasteiger partial charge in [-0.1, -0.05) is 10.8 Å². The Morgan fingerprint density at radius 3 is 2.72 bits per heavy atom. The van der Waals surface area contributed by atoms with Crippen LogP contribution in [0.4, 0.5) is 0 Å². The molecule has 0 atom stereocenters. The van der Waals surface area contributed by atoms with Gasteiger partial charge in [0.1, 0.15) is 0 Å². The van der Waals surface area contributed by atoms with Crippen molar-refractivity contribution in [1.82, 2.24) is 19.7 Å². The van der Waals surface area contributed by atoms with Crippen LogP contribution in [0, 0.1) is 0 Å². The average molecular weight is 358 g/mol. The van der Waals surface area contributed by atoms with Gasteiger partial charge in [-0.25, -0.2) is 18.2 Å². The largest absolute Gasteiger partial charge is 0.421 e. The molecule has 0 spiro atoms. The van der Waals surface area contributed by atoms with Crippen molar-refractivity contribution in [3.8, 4) is 0 Å². The van der Waals surface area contributed by atoms with Gasteiger partial charge < -0.3 is 15.2 Å². The van der Waals surface area contributed by atoms with E-state index in [2.05, 4.69) is 15.0 Å². The summed E-state index contributed by atoms with van der Waals surface area (Å²) in [5.74, 6) is 0. The molecule has 0 fully saturated rings. The molecule has 0 unspecified atom stereocenters. The molecule has 3 N–H and O–H groups in total. The Labute approximate surface area is 139 Å². The van der Waals surface area contributed by atoms with E-state index in [0.717, 1.165) is 0 Å². The van der Waals surface area contributed by atoms with Gasteiger partial charge in [0, 0.05) is 0 Å². The minimum absolute atomic E-state index is 0.0337. The molecule has 0 saturated carbocycles. The van der Waals surface area contributed by atoms with Gasteiger partial charge >= 0.3 is 5.69 Å². The molecular formula is C15H10N4O5S. The normalized spacial score (nSPS) is 12.0. The summed E-state index contributed by atoms with van der Waals surface area (Å²) in [6.45, 7) is 0. The summed E-state index contributed by atoms with van der Waals surface area (Å²) < 4.78 is 25.9. The van der Waals surface area contributed by atoms with Gasteiger partial charge in [-0.2, -0.15) is 0 Å². The highest BCUT2D eigenvalue weighted by molar-refractivity contribution is 7.91. The van der Waals surface area contributed by atoms with Gasteiger partial charge in [0.05, 0.1) is 38.1 Å². The van der Waals surface area contributed by atoms with Gasteiger partial charge in [-0.05, 0) is 30.3 Å². The Kier molecular flexibility index (Phi) is 3.06. The zero-order valence-electron chi connectivity index (χ0n) is 12.4. The minimum atomic E-state index is -4.04. The molecule has 2 aromatic carbocycles. The number of fused-ring (bicyclic) bond motifs is 2. The number of H-pyrrole nitrogens is 2. The summed E-state index contributed by atoms with van der Waals surface area (Å²) in [5, 5.41) is 9.29. The maximum Gasteiger partial charge on any atom is 0.362 e. The summed E-state index contributed by atoms with van der Waals surface area (Å²) in [7, 11) is -4.04. The van der Waals surface area contributed by atoms with Crippen molar-refractivity contribution in [2.75, 3.05) is 0 Å². The second-order valence-electron chi connectivity index (χ2n) is 5.31. The van der Waals surface area contributed by atoms with E-state index < -0.39 is 21.1 Å². The van der Waals surface area contributed by atoms with Gasteiger partial charge in [0.2, 0.25) is 9.84 Å². The third-order valence-electron chi connectivity index (χ3n) is 3.87. The highest BCUT2D eigenvalue weighted by atomic mass is 32.2. The smallest absolute Gasteiger partial charge is 0.362 e. The van der Waals surface area contributed by atoms with Gasteiger partial charge in [0.25, 0.3) is 5.56 Å². The van der Waals surface area contributed by atoms with Crippen molar-refractivity contribution in [2.45, 2.75) is 9.79 Å². The summed E-state index contributed by atoms with van der Waals surface area (Å²) in [6.07, 6.45) is 1.44. The first-order valence-electron chi connectivity index (χ1n) is 7.05. The van der Waals surface area contributed by atoms with Crippen LogP contribution in [0.3, 0.4) is 0 Å². The molecule has 0 aliphatic rings. The molecule has 2 heterocycles. The average Bonchev–Trinajstić information content (AvgIpc) is 3.07. The molecule has 0 saturated heterocycles. The number of para-hydroxylation sites is 1. The zero-order chi connectivity index (χ0) is 17.8. The lowest BCUT2D eigenvalue weighted by atomic mass is 10.2. The minimum Gasteiger partial charge on any atom is -0.421 e. The Hall–Kier alpha value is -3.40. The van der Waals surface area contributed by atoms with Crippen LogP contribution in [0.1, 0.15) is 0 Å². The SMILES string of the molecule is O=c1[nH]c2c(S(=O)(=O)c3ccc4[nH]cnc4c3)cccc2c(=O)n1O. The monoisotopic (exact) mass is 358 g/mol. The Bertz CT molecular complexity index is 1360. The fourth-order valence-corrected chi connectivity index (χ4v) is 4.09. The van der Waals surface area contributed by atoms with Crippen molar-refractivity contribution >= 4 is 31.8 Å². The number of aromatic amines is 2. The third kappa shape index (κ3) is 2.15. The number of hydrogen-bond donors (Lipinski definition) is 3. The molecule has 0 bridgehead atoms. The van der Waals surface area contributed by atoms with E-state index in [-0.39, 0.29) is 25.4 Å². The molecule has 0 aliphatic carbocycles. The number of aromatic nitrogens is 4. The third-order valence-corrected chi connectivity index (χ3v) is 5.66. The molecular weight excluding hydrogens is 348 g/mol. The Balaban J connectivity index is 2.06. The molecule has 4 rings (SSSR count). The Morgan fingerprint density at radius 1 is 1.12 bits per heavy atom. The highest BCUT2D eigenvalue weighted by Crippen LogP contribution is 2.27. The second kappa shape index (κ2) is 5.05. The summed E-state index contributed by atoms with van der Waals surface area (Å²) in [5.41, 5.74) is -1.15. The van der Waals surface area contributed by atoms with E-state index in [4.69, 9.17) is 0 Å². The Morgan fingerprint density at radius 2 is 1.92 bits per heavy atom. The van der Waals surface area contributed by atoms with Crippen LogP contribution >= 0.6 is 0 Å². The number of nitrogens with one attached hydrogen (secondary N) is 2. The number of rotatable bonds is 2. The van der Waals surface area contributed by atoms with Crippen molar-refractivity contribution in [3.05, 3.63) is 63.6 Å². The van der Waals surface area contributed by atoms with Crippen LogP contribution in [0.2, 0.25) is 0 Å². The fourth-order valence-electron chi connectivity index (χ4n) is 2.63. The summed E-state index contributed by atoms with van der Waals surface area (Å²) >= 11 is 0. The van der Waals surface area contributed by atoms with E-state index in [1.807, 2.05) is 0 Å². The maximum atomic E-state index is 13.0. The first-order valence-corrected chi connectivity index (χ1v) is 8.53. The van der Waals surface area contributed by atoms with Crippen molar-refractivity contribution < 1.29 is 13.6 Å². The summed E-state index contributed by atoms with van der Waals surface area (Å²) in [6, 6.07) is 8.33. The second-order valence-corrected chi connectivity index (χ2v) is 7.23. The van der Waals surface area contributed by atoms with E-state index >= 15 is 0 Å². The predicted octanol–water partition coefficient (Wildman–Crippen LogP) is 0.636. The lowest BCUT2D eigenvalue weighted by molar-refractivity contribution is 0.162. The number of imidazole rings is 1. The van der Waals surface area contributed by atoms with Crippen LogP contribution in [0.15, 0.2) is 62.1 Å². The molecule has 25 heavy (non-hydrogen) atoms.